The summed E-state index contributed by atoms with van der Waals surface area (Å²) in [6.07, 6.45) is 2.40. The maximum atomic E-state index is 13.1. The van der Waals surface area contributed by atoms with Gasteiger partial charge in [-0.2, -0.15) is 0 Å². The molecule has 1 saturated heterocycles. The minimum atomic E-state index is -0.380. The molecule has 0 unspecified atom stereocenters. The second-order valence-corrected chi connectivity index (χ2v) is 8.43. The van der Waals surface area contributed by atoms with Crippen LogP contribution in [0.25, 0.3) is 0 Å². The van der Waals surface area contributed by atoms with Crippen LogP contribution in [0, 0.1) is 24.7 Å². The van der Waals surface area contributed by atoms with Crippen molar-refractivity contribution in [1.82, 2.24) is 0 Å². The first-order valence-electron chi connectivity index (χ1n) is 9.91. The number of hydrogen-bond donors (Lipinski definition) is 1. The molecule has 3 atom stereocenters. The number of para-hydroxylation sites is 1. The largest absolute Gasteiger partial charge is 0.322 e. The van der Waals surface area contributed by atoms with Crippen LogP contribution >= 0.6 is 11.6 Å². The van der Waals surface area contributed by atoms with Crippen LogP contribution in [0.5, 0.6) is 0 Å². The summed E-state index contributed by atoms with van der Waals surface area (Å²) in [5, 5.41) is 3.41. The molecule has 1 N–H and O–H groups in total. The lowest BCUT2D eigenvalue weighted by molar-refractivity contribution is -0.122. The number of nitrogens with one attached hydrogen (secondary N) is 1. The van der Waals surface area contributed by atoms with Gasteiger partial charge < -0.3 is 5.32 Å². The van der Waals surface area contributed by atoms with Crippen molar-refractivity contribution < 1.29 is 14.4 Å². The van der Waals surface area contributed by atoms with Crippen LogP contribution in [-0.4, -0.2) is 17.7 Å². The standard InChI is InChI=1S/C23H23ClN2O3/c1-13-10-11-15-17(12-13)23(29)26(22(15)28)20-9-4-3-6-16(20)21(27)25-19-8-5-7-18(24)14(19)2/h3-9,13,15,17H,10-12H2,1-2H3,(H,25,27)/t13-,15+,17-/m0/s1. The van der Waals surface area contributed by atoms with Crippen molar-refractivity contribution in [3.8, 4) is 0 Å². The van der Waals surface area contributed by atoms with E-state index in [0.29, 0.717) is 27.9 Å². The van der Waals surface area contributed by atoms with Gasteiger partial charge in [0.1, 0.15) is 0 Å². The zero-order valence-electron chi connectivity index (χ0n) is 16.4. The zero-order chi connectivity index (χ0) is 20.7. The second kappa shape index (κ2) is 7.64. The van der Waals surface area contributed by atoms with Crippen LogP contribution in [0.2, 0.25) is 5.02 Å². The van der Waals surface area contributed by atoms with Crippen LogP contribution in [0.4, 0.5) is 11.4 Å². The van der Waals surface area contributed by atoms with Crippen molar-refractivity contribution >= 4 is 40.7 Å². The van der Waals surface area contributed by atoms with Gasteiger partial charge in [0.15, 0.2) is 0 Å². The van der Waals surface area contributed by atoms with Crippen LogP contribution < -0.4 is 10.2 Å². The number of carbonyl (C=O) groups is 3. The smallest absolute Gasteiger partial charge is 0.257 e. The summed E-state index contributed by atoms with van der Waals surface area (Å²) in [5.74, 6) is -0.883. The Morgan fingerprint density at radius 2 is 1.76 bits per heavy atom. The van der Waals surface area contributed by atoms with Crippen LogP contribution in [0.15, 0.2) is 42.5 Å². The van der Waals surface area contributed by atoms with E-state index < -0.39 is 0 Å². The molecule has 2 aromatic rings. The van der Waals surface area contributed by atoms with Crippen molar-refractivity contribution in [2.24, 2.45) is 17.8 Å². The molecule has 0 aromatic heterocycles. The number of fused-ring (bicyclic) bond motifs is 1. The Hall–Kier alpha value is -2.66. The summed E-state index contributed by atoms with van der Waals surface area (Å²) in [5.41, 5.74) is 1.99. The van der Waals surface area contributed by atoms with E-state index in [1.165, 1.54) is 4.90 Å². The summed E-state index contributed by atoms with van der Waals surface area (Å²) in [7, 11) is 0. The zero-order valence-corrected chi connectivity index (χ0v) is 17.2. The van der Waals surface area contributed by atoms with Gasteiger partial charge in [0.25, 0.3) is 5.91 Å². The van der Waals surface area contributed by atoms with E-state index in [1.807, 2.05) is 6.92 Å². The first-order chi connectivity index (χ1) is 13.9. The normalized spacial score (nSPS) is 23.8. The number of carbonyl (C=O) groups excluding carboxylic acids is 3. The van der Waals surface area contributed by atoms with E-state index in [-0.39, 0.29) is 29.6 Å². The van der Waals surface area contributed by atoms with Gasteiger partial charge in [-0.3, -0.25) is 14.4 Å². The monoisotopic (exact) mass is 410 g/mol. The van der Waals surface area contributed by atoms with Crippen molar-refractivity contribution in [2.45, 2.75) is 33.1 Å². The number of nitrogens with zero attached hydrogens (tertiary/aromatic N) is 1. The Kier molecular flexibility index (Phi) is 5.17. The summed E-state index contributed by atoms with van der Waals surface area (Å²) >= 11 is 6.15. The highest BCUT2D eigenvalue weighted by Crippen LogP contribution is 2.42. The molecule has 0 radical (unpaired) electrons. The molecule has 6 heteroatoms. The Labute approximate surface area is 175 Å². The van der Waals surface area contributed by atoms with Gasteiger partial charge in [-0.25, -0.2) is 4.90 Å². The van der Waals surface area contributed by atoms with Crippen LogP contribution in [-0.2, 0) is 9.59 Å². The Bertz CT molecular complexity index is 1000. The van der Waals surface area contributed by atoms with Gasteiger partial charge in [0.2, 0.25) is 11.8 Å². The Morgan fingerprint density at radius 1 is 1.03 bits per heavy atom. The lowest BCUT2D eigenvalue weighted by Crippen LogP contribution is -2.33. The average Bonchev–Trinajstić information content (AvgIpc) is 2.95. The van der Waals surface area contributed by atoms with Gasteiger partial charge >= 0.3 is 0 Å². The molecule has 4 rings (SSSR count). The molecular formula is C23H23ClN2O3. The van der Waals surface area contributed by atoms with E-state index >= 15 is 0 Å². The van der Waals surface area contributed by atoms with Crippen molar-refractivity contribution in [2.75, 3.05) is 10.2 Å². The molecule has 0 bridgehead atoms. The third kappa shape index (κ3) is 3.44. The molecule has 0 spiro atoms. The Balaban J connectivity index is 1.67. The van der Waals surface area contributed by atoms with E-state index in [0.717, 1.165) is 24.8 Å². The molecule has 1 heterocycles. The SMILES string of the molecule is Cc1c(Cl)cccc1NC(=O)c1ccccc1N1C(=O)[C@H]2C[C@@H](C)CC[C@H]2C1=O. The molecule has 1 saturated carbocycles. The molecule has 2 aliphatic rings. The predicted octanol–water partition coefficient (Wildman–Crippen LogP) is 4.83. The number of anilines is 2. The van der Waals surface area contributed by atoms with E-state index in [1.54, 1.807) is 42.5 Å². The van der Waals surface area contributed by atoms with E-state index in [4.69, 9.17) is 11.6 Å². The third-order valence-corrected chi connectivity index (χ3v) is 6.50. The molecule has 150 valence electrons. The number of halogens is 1. The van der Waals surface area contributed by atoms with Crippen molar-refractivity contribution in [1.29, 1.82) is 0 Å². The molecule has 1 aliphatic heterocycles. The minimum absolute atomic E-state index is 0.189. The average molecular weight is 411 g/mol. The third-order valence-electron chi connectivity index (χ3n) is 6.09. The quantitative estimate of drug-likeness (QED) is 0.737. The predicted molar refractivity (Wildman–Crippen MR) is 113 cm³/mol. The number of hydrogen-bond acceptors (Lipinski definition) is 3. The van der Waals surface area contributed by atoms with Gasteiger partial charge in [-0.05, 0) is 61.9 Å². The first kappa shape index (κ1) is 19.6. The molecule has 2 fully saturated rings. The lowest BCUT2D eigenvalue weighted by Gasteiger charge is -2.25. The summed E-state index contributed by atoms with van der Waals surface area (Å²) in [6.45, 7) is 3.94. The molecule has 3 amide bonds. The minimum Gasteiger partial charge on any atom is -0.322 e. The maximum Gasteiger partial charge on any atom is 0.257 e. The summed E-state index contributed by atoms with van der Waals surface area (Å²) < 4.78 is 0. The summed E-state index contributed by atoms with van der Waals surface area (Å²) in [4.78, 5) is 40.4. The molecule has 1 aliphatic carbocycles. The number of benzene rings is 2. The van der Waals surface area contributed by atoms with Gasteiger partial charge in [-0.1, -0.05) is 36.7 Å². The number of rotatable bonds is 3. The van der Waals surface area contributed by atoms with Gasteiger partial charge in [0.05, 0.1) is 23.1 Å². The van der Waals surface area contributed by atoms with Crippen LogP contribution in [0.3, 0.4) is 0 Å². The maximum absolute atomic E-state index is 13.1. The second-order valence-electron chi connectivity index (χ2n) is 8.03. The fourth-order valence-electron chi connectivity index (χ4n) is 4.42. The van der Waals surface area contributed by atoms with Crippen molar-refractivity contribution in [3.63, 3.8) is 0 Å². The molecule has 2 aromatic carbocycles. The fraction of sp³-hybridized carbons (Fsp3) is 0.348. The lowest BCUT2D eigenvalue weighted by atomic mass is 9.76. The highest BCUT2D eigenvalue weighted by atomic mass is 35.5. The first-order valence-corrected chi connectivity index (χ1v) is 10.3. The molecule has 5 nitrogen and oxygen atoms in total. The number of imide groups is 1. The van der Waals surface area contributed by atoms with E-state index in [9.17, 15) is 14.4 Å². The van der Waals surface area contributed by atoms with Gasteiger partial charge in [-0.15, -0.1) is 0 Å². The fourth-order valence-corrected chi connectivity index (χ4v) is 4.59. The summed E-state index contributed by atoms with van der Waals surface area (Å²) in [6, 6.07) is 12.0. The highest BCUT2D eigenvalue weighted by Gasteiger charge is 2.50. The van der Waals surface area contributed by atoms with Crippen LogP contribution in [0.1, 0.15) is 42.1 Å². The highest BCUT2D eigenvalue weighted by molar-refractivity contribution is 6.32. The number of amides is 3. The van der Waals surface area contributed by atoms with Gasteiger partial charge in [0, 0.05) is 10.7 Å². The molecule has 29 heavy (non-hydrogen) atoms. The topological polar surface area (TPSA) is 66.5 Å². The molecular weight excluding hydrogens is 388 g/mol. The van der Waals surface area contributed by atoms with E-state index in [2.05, 4.69) is 12.2 Å². The Morgan fingerprint density at radius 3 is 2.55 bits per heavy atom. The van der Waals surface area contributed by atoms with Crippen molar-refractivity contribution in [3.05, 3.63) is 58.6 Å².